The Hall–Kier alpha value is -0.710. The molecule has 0 bridgehead atoms. The number of hydrogen-bond acceptors (Lipinski definition) is 3. The minimum Gasteiger partial charge on any atom is -0.593 e. The summed E-state index contributed by atoms with van der Waals surface area (Å²) in [6.45, 7) is 1.84. The first-order valence-electron chi connectivity index (χ1n) is 5.30. The Balaban J connectivity index is 2.12. The van der Waals surface area contributed by atoms with Crippen molar-refractivity contribution in [2.45, 2.75) is 24.2 Å². The Morgan fingerprint density at radius 3 is 2.47 bits per heavy atom. The molecule has 1 saturated heterocycles. The zero-order chi connectivity index (χ0) is 10.7. The number of hydrogen-bond donors (Lipinski definition) is 1. The summed E-state index contributed by atoms with van der Waals surface area (Å²) in [6, 6.07) is 7.40. The molecule has 0 unspecified atom stereocenters. The summed E-state index contributed by atoms with van der Waals surface area (Å²) in [5, 5.41) is 0. The van der Waals surface area contributed by atoms with Gasteiger partial charge in [-0.05, 0) is 25.0 Å². The highest BCUT2D eigenvalue weighted by Gasteiger charge is 2.25. The molecule has 2 rings (SSSR count). The van der Waals surface area contributed by atoms with E-state index in [4.69, 9.17) is 5.73 Å². The van der Waals surface area contributed by atoms with Gasteiger partial charge in [0.2, 0.25) is 0 Å². The topological polar surface area (TPSA) is 52.3 Å². The van der Waals surface area contributed by atoms with Gasteiger partial charge in [-0.2, -0.15) is 0 Å². The second-order valence-corrected chi connectivity index (χ2v) is 5.23. The minimum absolute atomic E-state index is 0.626. The van der Waals surface area contributed by atoms with E-state index < -0.39 is 11.4 Å². The molecule has 1 aromatic carbocycles. The molecule has 82 valence electrons. The van der Waals surface area contributed by atoms with Gasteiger partial charge >= 0.3 is 0 Å². The molecule has 1 aromatic rings. The molecule has 1 heterocycles. The highest BCUT2D eigenvalue weighted by atomic mass is 32.2. The van der Waals surface area contributed by atoms with Gasteiger partial charge in [-0.3, -0.25) is 0 Å². The Labute approximate surface area is 93.6 Å². The fourth-order valence-electron chi connectivity index (χ4n) is 1.81. The number of nitrogen functional groups attached to an aromatic ring is 1. The number of nitrogens with two attached hydrogens (primary N) is 1. The minimum atomic E-state index is -1.07. The number of rotatable bonds is 2. The van der Waals surface area contributed by atoms with Crippen LogP contribution in [0.3, 0.4) is 0 Å². The maximum absolute atomic E-state index is 12.2. The van der Waals surface area contributed by atoms with E-state index in [1.54, 1.807) is 6.07 Å². The van der Waals surface area contributed by atoms with E-state index in [0.717, 1.165) is 30.8 Å². The Bertz CT molecular complexity index is 326. The molecule has 0 amide bonds. The lowest BCUT2D eigenvalue weighted by Gasteiger charge is -2.27. The predicted octanol–water partition coefficient (Wildman–Crippen LogP) is 1.78. The zero-order valence-corrected chi connectivity index (χ0v) is 9.50. The molecule has 1 aliphatic rings. The van der Waals surface area contributed by atoms with Crippen LogP contribution in [0.5, 0.6) is 0 Å². The standard InChI is InChI=1S/C11H16N2OS/c12-10-6-2-3-7-11(10)15(14)13-8-4-1-5-9-13/h2-3,6-7H,1,4-5,8-9,12H2/t15-/m1/s1. The van der Waals surface area contributed by atoms with Gasteiger partial charge < -0.3 is 10.3 Å². The second kappa shape index (κ2) is 4.88. The molecule has 0 spiro atoms. The van der Waals surface area contributed by atoms with Crippen LogP contribution in [0.25, 0.3) is 0 Å². The van der Waals surface area contributed by atoms with E-state index in [1.165, 1.54) is 6.42 Å². The van der Waals surface area contributed by atoms with Crippen LogP contribution in [0.4, 0.5) is 5.69 Å². The molecular formula is C11H16N2OS. The smallest absolute Gasteiger partial charge is 0.196 e. The normalized spacial score (nSPS) is 20.1. The molecule has 3 nitrogen and oxygen atoms in total. The Morgan fingerprint density at radius 2 is 1.80 bits per heavy atom. The van der Waals surface area contributed by atoms with Crippen molar-refractivity contribution in [1.82, 2.24) is 4.31 Å². The largest absolute Gasteiger partial charge is 0.593 e. The SMILES string of the molecule is Nc1ccccc1[S@@+]([O-])N1CCCCC1. The highest BCUT2D eigenvalue weighted by Crippen LogP contribution is 2.24. The van der Waals surface area contributed by atoms with E-state index in [0.29, 0.717) is 5.69 Å². The first kappa shape index (κ1) is 10.8. The van der Waals surface area contributed by atoms with E-state index in [2.05, 4.69) is 0 Å². The van der Waals surface area contributed by atoms with Crippen LogP contribution in [-0.4, -0.2) is 21.9 Å². The van der Waals surface area contributed by atoms with Crippen molar-refractivity contribution in [3.8, 4) is 0 Å². The number of nitrogens with zero attached hydrogens (tertiary/aromatic N) is 1. The summed E-state index contributed by atoms with van der Waals surface area (Å²) in [7, 11) is 0. The lowest BCUT2D eigenvalue weighted by atomic mass is 10.2. The van der Waals surface area contributed by atoms with Crippen LogP contribution < -0.4 is 5.73 Å². The number of benzene rings is 1. The maximum Gasteiger partial charge on any atom is 0.196 e. The lowest BCUT2D eigenvalue weighted by Crippen LogP contribution is -2.35. The fraction of sp³-hybridized carbons (Fsp3) is 0.455. The third kappa shape index (κ3) is 2.45. The van der Waals surface area contributed by atoms with Gasteiger partial charge in [0, 0.05) is 13.1 Å². The molecule has 0 aromatic heterocycles. The molecule has 15 heavy (non-hydrogen) atoms. The van der Waals surface area contributed by atoms with Gasteiger partial charge in [-0.1, -0.05) is 18.6 Å². The molecule has 0 saturated carbocycles. The number of piperidine rings is 1. The van der Waals surface area contributed by atoms with Gasteiger partial charge in [0.15, 0.2) is 4.90 Å². The monoisotopic (exact) mass is 224 g/mol. The second-order valence-electron chi connectivity index (χ2n) is 3.78. The van der Waals surface area contributed by atoms with Gasteiger partial charge in [0.05, 0.1) is 17.0 Å². The van der Waals surface area contributed by atoms with E-state index in [1.807, 2.05) is 22.5 Å². The third-order valence-corrected chi connectivity index (χ3v) is 4.24. The van der Waals surface area contributed by atoms with Crippen LogP contribution >= 0.6 is 0 Å². The quantitative estimate of drug-likeness (QED) is 0.615. The van der Waals surface area contributed by atoms with Crippen LogP contribution in [-0.2, 0) is 11.4 Å². The van der Waals surface area contributed by atoms with Crippen LogP contribution in [0, 0.1) is 0 Å². The van der Waals surface area contributed by atoms with Gasteiger partial charge in [-0.15, -0.1) is 4.31 Å². The lowest BCUT2D eigenvalue weighted by molar-refractivity contribution is 0.346. The van der Waals surface area contributed by atoms with Crippen molar-refractivity contribution in [2.24, 2.45) is 0 Å². The molecule has 0 aliphatic carbocycles. The van der Waals surface area contributed by atoms with Crippen molar-refractivity contribution >= 4 is 17.0 Å². The molecular weight excluding hydrogens is 208 g/mol. The average Bonchev–Trinajstić information content (AvgIpc) is 2.30. The summed E-state index contributed by atoms with van der Waals surface area (Å²) >= 11 is -1.07. The summed E-state index contributed by atoms with van der Waals surface area (Å²) in [6.07, 6.45) is 3.52. The summed E-state index contributed by atoms with van der Waals surface area (Å²) in [5.74, 6) is 0. The van der Waals surface area contributed by atoms with Crippen molar-refractivity contribution in [3.05, 3.63) is 24.3 Å². The first-order chi connectivity index (χ1) is 7.29. The number of para-hydroxylation sites is 1. The summed E-state index contributed by atoms with van der Waals surface area (Å²) in [5.41, 5.74) is 6.43. The fourth-order valence-corrected chi connectivity index (χ4v) is 3.14. The van der Waals surface area contributed by atoms with E-state index in [9.17, 15) is 4.55 Å². The molecule has 2 N–H and O–H groups in total. The van der Waals surface area contributed by atoms with E-state index >= 15 is 0 Å². The van der Waals surface area contributed by atoms with Crippen molar-refractivity contribution in [2.75, 3.05) is 18.8 Å². The predicted molar refractivity (Wildman–Crippen MR) is 62.7 cm³/mol. The Kier molecular flexibility index (Phi) is 3.51. The highest BCUT2D eigenvalue weighted by molar-refractivity contribution is 7.89. The molecule has 1 aliphatic heterocycles. The van der Waals surface area contributed by atoms with Crippen LogP contribution in [0.2, 0.25) is 0 Å². The summed E-state index contributed by atoms with van der Waals surface area (Å²) < 4.78 is 14.2. The first-order valence-corrected chi connectivity index (χ1v) is 6.41. The van der Waals surface area contributed by atoms with Crippen LogP contribution in [0.1, 0.15) is 19.3 Å². The molecule has 1 fully saturated rings. The van der Waals surface area contributed by atoms with Crippen molar-refractivity contribution in [1.29, 1.82) is 0 Å². The van der Waals surface area contributed by atoms with E-state index in [-0.39, 0.29) is 0 Å². The summed E-state index contributed by atoms with van der Waals surface area (Å²) in [4.78, 5) is 0.749. The Morgan fingerprint density at radius 1 is 1.13 bits per heavy atom. The van der Waals surface area contributed by atoms with Crippen molar-refractivity contribution < 1.29 is 4.55 Å². The average molecular weight is 224 g/mol. The van der Waals surface area contributed by atoms with Gasteiger partial charge in [-0.25, -0.2) is 0 Å². The van der Waals surface area contributed by atoms with Crippen LogP contribution in [0.15, 0.2) is 29.2 Å². The molecule has 0 radical (unpaired) electrons. The zero-order valence-electron chi connectivity index (χ0n) is 8.69. The van der Waals surface area contributed by atoms with Crippen molar-refractivity contribution in [3.63, 3.8) is 0 Å². The van der Waals surface area contributed by atoms with Gasteiger partial charge in [0.1, 0.15) is 0 Å². The molecule has 1 atom stereocenters. The third-order valence-electron chi connectivity index (χ3n) is 2.66. The maximum atomic E-state index is 12.2. The van der Waals surface area contributed by atoms with Gasteiger partial charge in [0.25, 0.3) is 0 Å². The molecule has 4 heteroatoms. The number of anilines is 1.